The van der Waals surface area contributed by atoms with Crippen molar-refractivity contribution in [2.45, 2.75) is 5.75 Å². The Labute approximate surface area is 120 Å². The van der Waals surface area contributed by atoms with Crippen LogP contribution in [0.5, 0.6) is 0 Å². The lowest BCUT2D eigenvalue weighted by Crippen LogP contribution is -2.19. The third-order valence-corrected chi connectivity index (χ3v) is 4.18. The van der Waals surface area contributed by atoms with Gasteiger partial charge in [0.1, 0.15) is 28.4 Å². The van der Waals surface area contributed by atoms with Crippen molar-refractivity contribution in [1.29, 1.82) is 0 Å². The van der Waals surface area contributed by atoms with E-state index in [0.717, 1.165) is 7.11 Å². The molecule has 21 heavy (non-hydrogen) atoms. The van der Waals surface area contributed by atoms with Crippen LogP contribution < -0.4 is 0 Å². The number of carboxylic acid groups (broad SMARTS) is 1. The van der Waals surface area contributed by atoms with Gasteiger partial charge in [-0.05, 0) is 6.07 Å². The molecule has 0 aliphatic carbocycles. The molecule has 1 heterocycles. The number of carboxylic acids is 1. The lowest BCUT2D eigenvalue weighted by atomic mass is 10.1. The molecule has 0 bridgehead atoms. The number of carbonyl (C=O) groups excluding carboxylic acids is 1. The van der Waals surface area contributed by atoms with Crippen molar-refractivity contribution >= 4 is 32.7 Å². The summed E-state index contributed by atoms with van der Waals surface area (Å²) in [5.41, 5.74) is 0.0669. The Hall–Kier alpha value is -2.35. The molecule has 7 nitrogen and oxygen atoms in total. The highest BCUT2D eigenvalue weighted by Gasteiger charge is 2.26. The molecule has 2 rings (SSSR count). The Morgan fingerprint density at radius 2 is 1.95 bits per heavy atom. The summed E-state index contributed by atoms with van der Waals surface area (Å²) in [7, 11) is -2.81. The van der Waals surface area contributed by atoms with E-state index >= 15 is 0 Å². The highest BCUT2D eigenvalue weighted by atomic mass is 32.2. The number of methoxy groups -OCH3 is 1. The number of benzene rings is 1. The Bertz CT molecular complexity index is 801. The van der Waals surface area contributed by atoms with Crippen LogP contribution in [-0.4, -0.2) is 38.3 Å². The lowest BCUT2D eigenvalue weighted by Gasteiger charge is -2.02. The van der Waals surface area contributed by atoms with Crippen molar-refractivity contribution in [1.82, 2.24) is 0 Å². The van der Waals surface area contributed by atoms with Crippen molar-refractivity contribution in [3.05, 3.63) is 35.6 Å². The van der Waals surface area contributed by atoms with E-state index in [2.05, 4.69) is 4.74 Å². The van der Waals surface area contributed by atoms with Gasteiger partial charge in [0.15, 0.2) is 9.84 Å². The van der Waals surface area contributed by atoms with Crippen LogP contribution in [-0.2, 0) is 25.1 Å². The van der Waals surface area contributed by atoms with Gasteiger partial charge in [0, 0.05) is 5.39 Å². The molecule has 8 heteroatoms. The molecule has 2 aromatic rings. The predicted octanol–water partition coefficient (Wildman–Crippen LogP) is 1.22. The normalized spacial score (nSPS) is 11.5. The average molecular weight is 312 g/mol. The third kappa shape index (κ3) is 3.22. The molecule has 1 N–H and O–H groups in total. The van der Waals surface area contributed by atoms with Crippen LogP contribution in [0.2, 0.25) is 0 Å². The van der Waals surface area contributed by atoms with Crippen LogP contribution in [0.1, 0.15) is 16.1 Å². The molecule has 112 valence electrons. The maximum absolute atomic E-state index is 11.9. The molecule has 0 aliphatic heterocycles. The summed E-state index contributed by atoms with van der Waals surface area (Å²) in [5.74, 6) is -3.92. The van der Waals surface area contributed by atoms with Gasteiger partial charge in [0.25, 0.3) is 0 Å². The summed E-state index contributed by atoms with van der Waals surface area (Å²) in [6, 6.07) is 6.33. The summed E-state index contributed by atoms with van der Waals surface area (Å²) >= 11 is 0. The first-order valence-corrected chi connectivity index (χ1v) is 7.67. The van der Waals surface area contributed by atoms with Gasteiger partial charge < -0.3 is 14.3 Å². The molecule has 1 aromatic heterocycles. The number of ether oxygens (including phenoxy) is 1. The minimum Gasteiger partial charge on any atom is -0.478 e. The lowest BCUT2D eigenvalue weighted by molar-refractivity contribution is -0.137. The van der Waals surface area contributed by atoms with Crippen LogP contribution in [0.4, 0.5) is 0 Å². The zero-order valence-electron chi connectivity index (χ0n) is 11.0. The van der Waals surface area contributed by atoms with Crippen LogP contribution in [0.15, 0.2) is 28.7 Å². The first-order valence-electron chi connectivity index (χ1n) is 5.85. The fraction of sp³-hybridized carbons (Fsp3) is 0.231. The number of carbonyl (C=O) groups is 2. The monoisotopic (exact) mass is 312 g/mol. The fourth-order valence-corrected chi connectivity index (χ4v) is 3.10. The highest BCUT2D eigenvalue weighted by molar-refractivity contribution is 7.91. The molecule has 0 saturated heterocycles. The van der Waals surface area contributed by atoms with Gasteiger partial charge in [-0.25, -0.2) is 13.2 Å². The number of aromatic carboxylic acids is 1. The van der Waals surface area contributed by atoms with E-state index in [9.17, 15) is 23.1 Å². The number of hydrogen-bond donors (Lipinski definition) is 1. The summed E-state index contributed by atoms with van der Waals surface area (Å²) < 4.78 is 33.3. The van der Waals surface area contributed by atoms with Crippen molar-refractivity contribution in [3.8, 4) is 0 Å². The Kier molecular flexibility index (Phi) is 3.99. The summed E-state index contributed by atoms with van der Waals surface area (Å²) in [6.07, 6.45) is 0. The fourth-order valence-electron chi connectivity index (χ4n) is 1.92. The number of sulfone groups is 1. The second kappa shape index (κ2) is 5.57. The summed E-state index contributed by atoms with van der Waals surface area (Å²) in [6.45, 7) is 0. The zero-order valence-corrected chi connectivity index (χ0v) is 11.8. The van der Waals surface area contributed by atoms with Crippen molar-refractivity contribution in [2.75, 3.05) is 12.9 Å². The molecule has 0 saturated carbocycles. The first kappa shape index (κ1) is 15.0. The quantitative estimate of drug-likeness (QED) is 0.826. The van der Waals surface area contributed by atoms with Crippen LogP contribution >= 0.6 is 0 Å². The standard InChI is InChI=1S/C13H12O7S/c1-19-11(14)7-21(17,18)6-10-12(13(15)16)8-4-2-3-5-9(8)20-10/h2-5H,6-7H2,1H3,(H,15,16). The molecule has 0 radical (unpaired) electrons. The van der Waals surface area contributed by atoms with Gasteiger partial charge >= 0.3 is 11.9 Å². The average Bonchev–Trinajstić information content (AvgIpc) is 2.74. The van der Waals surface area contributed by atoms with Crippen LogP contribution in [0, 0.1) is 0 Å². The van der Waals surface area contributed by atoms with E-state index in [1.807, 2.05) is 0 Å². The Balaban J connectivity index is 2.45. The molecule has 0 fully saturated rings. The van der Waals surface area contributed by atoms with Gasteiger partial charge in [-0.15, -0.1) is 0 Å². The van der Waals surface area contributed by atoms with Gasteiger partial charge in [-0.3, -0.25) is 4.79 Å². The molecule has 0 aliphatic rings. The maximum Gasteiger partial charge on any atom is 0.339 e. The van der Waals surface area contributed by atoms with E-state index in [1.165, 1.54) is 12.1 Å². The smallest absolute Gasteiger partial charge is 0.339 e. The third-order valence-electron chi connectivity index (χ3n) is 2.80. The molecule has 0 unspecified atom stereocenters. The molecule has 0 amide bonds. The van der Waals surface area contributed by atoms with E-state index in [0.29, 0.717) is 5.39 Å². The van der Waals surface area contributed by atoms with Gasteiger partial charge in [-0.2, -0.15) is 0 Å². The molecule has 1 aromatic carbocycles. The summed E-state index contributed by atoms with van der Waals surface area (Å²) in [4.78, 5) is 22.4. The van der Waals surface area contributed by atoms with E-state index in [1.54, 1.807) is 12.1 Å². The number of rotatable bonds is 5. The van der Waals surface area contributed by atoms with Gasteiger partial charge in [0.2, 0.25) is 0 Å². The molecular formula is C13H12O7S. The van der Waals surface area contributed by atoms with Crippen molar-refractivity contribution in [2.24, 2.45) is 0 Å². The van der Waals surface area contributed by atoms with Crippen LogP contribution in [0.25, 0.3) is 11.0 Å². The number of esters is 1. The van der Waals surface area contributed by atoms with Crippen molar-refractivity contribution < 1.29 is 32.3 Å². The highest BCUT2D eigenvalue weighted by Crippen LogP contribution is 2.27. The Morgan fingerprint density at radius 1 is 1.29 bits per heavy atom. The second-order valence-electron chi connectivity index (χ2n) is 4.31. The van der Waals surface area contributed by atoms with Gasteiger partial charge in [0.05, 0.1) is 7.11 Å². The SMILES string of the molecule is COC(=O)CS(=O)(=O)Cc1oc2ccccc2c1C(=O)O. The topological polar surface area (TPSA) is 111 Å². The number of para-hydroxylation sites is 1. The van der Waals surface area contributed by atoms with E-state index < -0.39 is 33.3 Å². The number of fused-ring (bicyclic) bond motifs is 1. The zero-order chi connectivity index (χ0) is 15.6. The predicted molar refractivity (Wildman–Crippen MR) is 72.7 cm³/mol. The van der Waals surface area contributed by atoms with Gasteiger partial charge in [-0.1, -0.05) is 18.2 Å². The Morgan fingerprint density at radius 3 is 2.57 bits per heavy atom. The largest absolute Gasteiger partial charge is 0.478 e. The molecule has 0 spiro atoms. The second-order valence-corrected chi connectivity index (χ2v) is 6.37. The molecular weight excluding hydrogens is 300 g/mol. The number of hydrogen-bond acceptors (Lipinski definition) is 6. The first-order chi connectivity index (χ1) is 9.84. The summed E-state index contributed by atoms with van der Waals surface area (Å²) in [5, 5.41) is 9.54. The molecule has 0 atom stereocenters. The van der Waals surface area contributed by atoms with Crippen molar-refractivity contribution in [3.63, 3.8) is 0 Å². The maximum atomic E-state index is 11.9. The van der Waals surface area contributed by atoms with Crippen LogP contribution in [0.3, 0.4) is 0 Å². The van der Waals surface area contributed by atoms with E-state index in [4.69, 9.17) is 4.42 Å². The minimum absolute atomic E-state index is 0.201. The minimum atomic E-state index is -3.88. The van der Waals surface area contributed by atoms with E-state index in [-0.39, 0.29) is 16.9 Å². The number of furan rings is 1.